The van der Waals surface area contributed by atoms with Crippen molar-refractivity contribution in [3.05, 3.63) is 40.8 Å². The van der Waals surface area contributed by atoms with E-state index in [4.69, 9.17) is 0 Å². The Labute approximate surface area is 141 Å². The number of amides is 1. The summed E-state index contributed by atoms with van der Waals surface area (Å²) in [6.07, 6.45) is 6.02. The van der Waals surface area contributed by atoms with E-state index in [1.54, 1.807) is 12.3 Å². The molecule has 0 radical (unpaired) electrons. The topological polar surface area (TPSA) is 67.2 Å². The predicted molar refractivity (Wildman–Crippen MR) is 93.9 cm³/mol. The Hall–Kier alpha value is -2.21. The molecule has 1 fully saturated rings. The second-order valence-electron chi connectivity index (χ2n) is 6.40. The molecule has 1 atom stereocenters. The van der Waals surface area contributed by atoms with Crippen molar-refractivity contribution in [2.24, 2.45) is 0 Å². The normalized spacial score (nSPS) is 19.1. The highest BCUT2D eigenvalue weighted by Crippen LogP contribution is 2.15. The number of fused-ring (bicyclic) bond motifs is 1. The van der Waals surface area contributed by atoms with Crippen LogP contribution >= 0.6 is 0 Å². The van der Waals surface area contributed by atoms with Crippen molar-refractivity contribution >= 4 is 16.7 Å². The minimum atomic E-state index is -0.117. The van der Waals surface area contributed by atoms with Gasteiger partial charge in [-0.1, -0.05) is 31.0 Å². The van der Waals surface area contributed by atoms with Crippen LogP contribution in [0.1, 0.15) is 25.7 Å². The average Bonchev–Trinajstić information content (AvgIpc) is 2.81. The van der Waals surface area contributed by atoms with Crippen LogP contribution in [0.15, 0.2) is 35.3 Å². The molecule has 6 heteroatoms. The third kappa shape index (κ3) is 3.64. The molecule has 0 spiro atoms. The Kier molecular flexibility index (Phi) is 5.25. The molecule has 1 unspecified atom stereocenters. The maximum atomic E-state index is 12.4. The Bertz CT molecular complexity index is 771. The number of benzene rings is 1. The zero-order valence-corrected chi connectivity index (χ0v) is 14.1. The van der Waals surface area contributed by atoms with Crippen molar-refractivity contribution in [1.82, 2.24) is 20.0 Å². The molecule has 1 aromatic carbocycles. The number of nitrogens with zero attached hydrogens (tertiary/aromatic N) is 3. The fourth-order valence-corrected chi connectivity index (χ4v) is 3.27. The molecular weight excluding hydrogens is 304 g/mol. The number of hydrogen-bond donors (Lipinski definition) is 1. The molecule has 2 heterocycles. The molecule has 1 aromatic heterocycles. The lowest BCUT2D eigenvalue weighted by Crippen LogP contribution is -2.45. The summed E-state index contributed by atoms with van der Waals surface area (Å²) >= 11 is 0. The van der Waals surface area contributed by atoms with Crippen molar-refractivity contribution in [3.63, 3.8) is 0 Å². The summed E-state index contributed by atoms with van der Waals surface area (Å²) in [7, 11) is 2.00. The zero-order valence-electron chi connectivity index (χ0n) is 14.1. The van der Waals surface area contributed by atoms with Crippen molar-refractivity contribution < 1.29 is 4.79 Å². The molecule has 3 rings (SSSR count). The van der Waals surface area contributed by atoms with Crippen LogP contribution in [-0.2, 0) is 11.3 Å². The first kappa shape index (κ1) is 16.6. The predicted octanol–water partition coefficient (Wildman–Crippen LogP) is 1.39. The molecule has 0 aliphatic carbocycles. The lowest BCUT2D eigenvalue weighted by molar-refractivity contribution is -0.126. The average molecular weight is 328 g/mol. The first-order valence-electron chi connectivity index (χ1n) is 8.59. The third-order valence-electron chi connectivity index (χ3n) is 4.71. The summed E-state index contributed by atoms with van der Waals surface area (Å²) < 4.78 is 1.42. The summed E-state index contributed by atoms with van der Waals surface area (Å²) in [4.78, 5) is 26.9. The SMILES string of the molecule is CN1CCCCCC1C(=O)NCCn1ncc2ccccc2c1=O. The second-order valence-corrected chi connectivity index (χ2v) is 6.40. The van der Waals surface area contributed by atoms with Crippen LogP contribution in [0.4, 0.5) is 0 Å². The van der Waals surface area contributed by atoms with Crippen molar-refractivity contribution in [2.45, 2.75) is 38.3 Å². The quantitative estimate of drug-likeness (QED) is 0.921. The fourth-order valence-electron chi connectivity index (χ4n) is 3.27. The van der Waals surface area contributed by atoms with E-state index in [0.717, 1.165) is 31.2 Å². The lowest BCUT2D eigenvalue weighted by atomic mass is 10.1. The van der Waals surface area contributed by atoms with Gasteiger partial charge in [0.2, 0.25) is 5.91 Å². The molecule has 6 nitrogen and oxygen atoms in total. The van der Waals surface area contributed by atoms with E-state index in [0.29, 0.717) is 18.5 Å². The van der Waals surface area contributed by atoms with E-state index in [2.05, 4.69) is 15.3 Å². The van der Waals surface area contributed by atoms with Gasteiger partial charge in [0.05, 0.1) is 24.2 Å². The molecule has 24 heavy (non-hydrogen) atoms. The van der Waals surface area contributed by atoms with Gasteiger partial charge in [0.1, 0.15) is 0 Å². The van der Waals surface area contributed by atoms with Gasteiger partial charge in [0.25, 0.3) is 5.56 Å². The molecule has 1 aliphatic heterocycles. The van der Waals surface area contributed by atoms with Crippen LogP contribution in [0, 0.1) is 0 Å². The minimum Gasteiger partial charge on any atom is -0.353 e. The molecule has 0 saturated carbocycles. The number of nitrogens with one attached hydrogen (secondary N) is 1. The number of hydrogen-bond acceptors (Lipinski definition) is 4. The lowest BCUT2D eigenvalue weighted by Gasteiger charge is -2.24. The zero-order chi connectivity index (χ0) is 16.9. The summed E-state index contributed by atoms with van der Waals surface area (Å²) in [5, 5.41) is 8.63. The van der Waals surface area contributed by atoms with Gasteiger partial charge >= 0.3 is 0 Å². The Morgan fingerprint density at radius 2 is 2.12 bits per heavy atom. The molecule has 1 N–H and O–H groups in total. The van der Waals surface area contributed by atoms with E-state index in [9.17, 15) is 9.59 Å². The number of aromatic nitrogens is 2. The molecule has 128 valence electrons. The molecule has 1 amide bonds. The highest BCUT2D eigenvalue weighted by molar-refractivity contribution is 5.82. The third-order valence-corrected chi connectivity index (χ3v) is 4.71. The highest BCUT2D eigenvalue weighted by Gasteiger charge is 2.24. The van der Waals surface area contributed by atoms with E-state index < -0.39 is 0 Å². The van der Waals surface area contributed by atoms with E-state index in [-0.39, 0.29) is 17.5 Å². The van der Waals surface area contributed by atoms with Gasteiger partial charge in [-0.15, -0.1) is 0 Å². The second kappa shape index (κ2) is 7.57. The number of likely N-dealkylation sites (N-methyl/N-ethyl adjacent to an activating group) is 1. The summed E-state index contributed by atoms with van der Waals surface area (Å²) in [5.74, 6) is 0.0493. The first-order chi connectivity index (χ1) is 11.7. The van der Waals surface area contributed by atoms with Gasteiger partial charge in [-0.25, -0.2) is 4.68 Å². The van der Waals surface area contributed by atoms with E-state index in [1.807, 2.05) is 25.2 Å². The molecular formula is C18H24N4O2. The van der Waals surface area contributed by atoms with Gasteiger partial charge in [-0.3, -0.25) is 14.5 Å². The minimum absolute atomic E-state index is 0.0493. The Balaban J connectivity index is 1.61. The van der Waals surface area contributed by atoms with Gasteiger partial charge in [0, 0.05) is 11.9 Å². The highest BCUT2D eigenvalue weighted by atomic mass is 16.2. The van der Waals surface area contributed by atoms with Crippen molar-refractivity contribution in [1.29, 1.82) is 0 Å². The molecule has 1 aliphatic rings. The Morgan fingerprint density at radius 1 is 1.29 bits per heavy atom. The van der Waals surface area contributed by atoms with Crippen LogP contribution in [-0.4, -0.2) is 46.8 Å². The number of carbonyl (C=O) groups excluding carboxylic acids is 1. The summed E-state index contributed by atoms with van der Waals surface area (Å²) in [5.41, 5.74) is -0.117. The monoisotopic (exact) mass is 328 g/mol. The van der Waals surface area contributed by atoms with Crippen LogP contribution in [0.25, 0.3) is 10.8 Å². The van der Waals surface area contributed by atoms with E-state index in [1.165, 1.54) is 11.1 Å². The Morgan fingerprint density at radius 3 is 3.00 bits per heavy atom. The number of carbonyl (C=O) groups is 1. The number of likely N-dealkylation sites (tertiary alicyclic amines) is 1. The van der Waals surface area contributed by atoms with Gasteiger partial charge in [0.15, 0.2) is 0 Å². The fraction of sp³-hybridized carbons (Fsp3) is 0.500. The van der Waals surface area contributed by atoms with Crippen molar-refractivity contribution in [3.8, 4) is 0 Å². The summed E-state index contributed by atoms with van der Waals surface area (Å²) in [6, 6.07) is 7.34. The summed E-state index contributed by atoms with van der Waals surface area (Å²) in [6.45, 7) is 1.75. The van der Waals surface area contributed by atoms with Crippen LogP contribution in [0.3, 0.4) is 0 Å². The van der Waals surface area contributed by atoms with Crippen molar-refractivity contribution in [2.75, 3.05) is 20.1 Å². The van der Waals surface area contributed by atoms with Gasteiger partial charge < -0.3 is 5.32 Å². The van der Waals surface area contributed by atoms with E-state index >= 15 is 0 Å². The largest absolute Gasteiger partial charge is 0.353 e. The maximum absolute atomic E-state index is 12.4. The van der Waals surface area contributed by atoms with Gasteiger partial charge in [-0.05, 0) is 32.5 Å². The maximum Gasteiger partial charge on any atom is 0.274 e. The van der Waals surface area contributed by atoms with Gasteiger partial charge in [-0.2, -0.15) is 5.10 Å². The first-order valence-corrected chi connectivity index (χ1v) is 8.59. The molecule has 2 aromatic rings. The smallest absolute Gasteiger partial charge is 0.274 e. The van der Waals surface area contributed by atoms with Crippen LogP contribution in [0.2, 0.25) is 0 Å². The van der Waals surface area contributed by atoms with Crippen LogP contribution < -0.4 is 10.9 Å². The molecule has 1 saturated heterocycles. The van der Waals surface area contributed by atoms with Crippen LogP contribution in [0.5, 0.6) is 0 Å². The standard InChI is InChI=1S/C18H24N4O2/c1-21-11-6-2-3-9-16(21)17(23)19-10-12-22-18(24)15-8-5-4-7-14(15)13-20-22/h4-5,7-8,13,16H,2-3,6,9-12H2,1H3,(H,19,23). The number of rotatable bonds is 4. The molecule has 0 bridgehead atoms.